The summed E-state index contributed by atoms with van der Waals surface area (Å²) in [5.41, 5.74) is 2.13. The molecule has 2 N–H and O–H groups in total. The number of rotatable bonds is 7. The summed E-state index contributed by atoms with van der Waals surface area (Å²) in [5, 5.41) is 6.04. The molecular weight excluding hydrogens is 312 g/mol. The Bertz CT molecular complexity index is 558. The summed E-state index contributed by atoms with van der Waals surface area (Å²) < 4.78 is 0. The average molecular weight is 344 g/mol. The van der Waals surface area contributed by atoms with Crippen molar-refractivity contribution in [2.24, 2.45) is 11.8 Å². The fourth-order valence-corrected chi connectivity index (χ4v) is 3.35. The van der Waals surface area contributed by atoms with Crippen LogP contribution in [0.25, 0.3) is 0 Å². The third-order valence-corrected chi connectivity index (χ3v) is 5.14. The van der Waals surface area contributed by atoms with Crippen molar-refractivity contribution < 1.29 is 9.59 Å². The summed E-state index contributed by atoms with van der Waals surface area (Å²) in [6.07, 6.45) is 5.32. The highest BCUT2D eigenvalue weighted by Gasteiger charge is 2.29. The van der Waals surface area contributed by atoms with E-state index in [1.165, 1.54) is 5.56 Å². The standard InChI is InChI=1S/C21H32N2O2/c1-4-5-14-22-20(24)17-6-8-18(9-7-17)21(25)23-19-12-10-16(11-13-19)15(2)3/h10-13,15,17-18H,4-9,14H2,1-3H3,(H,22,24)(H,23,25). The van der Waals surface area contributed by atoms with E-state index in [0.717, 1.165) is 50.8 Å². The average Bonchev–Trinajstić information content (AvgIpc) is 2.62. The molecule has 0 spiro atoms. The number of nitrogens with one attached hydrogen (secondary N) is 2. The third-order valence-electron chi connectivity index (χ3n) is 5.14. The van der Waals surface area contributed by atoms with Gasteiger partial charge in [0.2, 0.25) is 11.8 Å². The van der Waals surface area contributed by atoms with Crippen molar-refractivity contribution in [2.45, 2.75) is 65.2 Å². The Hall–Kier alpha value is -1.84. The number of hydrogen-bond donors (Lipinski definition) is 2. The van der Waals surface area contributed by atoms with Gasteiger partial charge < -0.3 is 10.6 Å². The molecule has 0 aromatic heterocycles. The fraction of sp³-hybridized carbons (Fsp3) is 0.619. The van der Waals surface area contributed by atoms with Crippen molar-refractivity contribution in [1.82, 2.24) is 5.32 Å². The van der Waals surface area contributed by atoms with Crippen LogP contribution in [0, 0.1) is 11.8 Å². The highest BCUT2D eigenvalue weighted by molar-refractivity contribution is 5.92. The lowest BCUT2D eigenvalue weighted by atomic mass is 9.81. The van der Waals surface area contributed by atoms with Crippen LogP contribution in [0.4, 0.5) is 5.69 Å². The first-order valence-electron chi connectivity index (χ1n) is 9.69. The summed E-state index contributed by atoms with van der Waals surface area (Å²) in [5.74, 6) is 0.831. The van der Waals surface area contributed by atoms with E-state index in [1.54, 1.807) is 0 Å². The zero-order chi connectivity index (χ0) is 18.2. The first kappa shape index (κ1) is 19.5. The maximum atomic E-state index is 12.5. The van der Waals surface area contributed by atoms with E-state index in [-0.39, 0.29) is 23.7 Å². The molecular formula is C21H32N2O2. The van der Waals surface area contributed by atoms with Crippen LogP contribution in [0.2, 0.25) is 0 Å². The Balaban J connectivity index is 1.78. The lowest BCUT2D eigenvalue weighted by Gasteiger charge is -2.27. The van der Waals surface area contributed by atoms with Gasteiger partial charge in [0, 0.05) is 24.1 Å². The minimum Gasteiger partial charge on any atom is -0.356 e. The Morgan fingerprint density at radius 2 is 1.56 bits per heavy atom. The summed E-state index contributed by atoms with van der Waals surface area (Å²) >= 11 is 0. The molecule has 2 rings (SSSR count). The number of hydrogen-bond acceptors (Lipinski definition) is 2. The van der Waals surface area contributed by atoms with E-state index in [0.29, 0.717) is 5.92 Å². The molecule has 0 bridgehead atoms. The Morgan fingerprint density at radius 1 is 1.00 bits per heavy atom. The second-order valence-corrected chi connectivity index (χ2v) is 7.46. The molecule has 4 heteroatoms. The van der Waals surface area contributed by atoms with E-state index in [4.69, 9.17) is 0 Å². The zero-order valence-corrected chi connectivity index (χ0v) is 15.8. The predicted octanol–water partition coefficient (Wildman–Crippen LogP) is 4.47. The zero-order valence-electron chi connectivity index (χ0n) is 15.8. The number of carbonyl (C=O) groups is 2. The molecule has 4 nitrogen and oxygen atoms in total. The minimum absolute atomic E-state index is 0.0180. The van der Waals surface area contributed by atoms with Gasteiger partial charge >= 0.3 is 0 Å². The Kier molecular flexibility index (Phi) is 7.48. The molecule has 1 aromatic carbocycles. The summed E-state index contributed by atoms with van der Waals surface area (Å²) in [6.45, 7) is 7.20. The largest absolute Gasteiger partial charge is 0.356 e. The van der Waals surface area contributed by atoms with Gasteiger partial charge in [0.15, 0.2) is 0 Å². The minimum atomic E-state index is 0.0180. The molecule has 138 valence electrons. The van der Waals surface area contributed by atoms with E-state index in [9.17, 15) is 9.59 Å². The van der Waals surface area contributed by atoms with Crippen LogP contribution in [0.5, 0.6) is 0 Å². The van der Waals surface area contributed by atoms with Gasteiger partial charge in [-0.3, -0.25) is 9.59 Å². The van der Waals surface area contributed by atoms with Crippen LogP contribution in [0.1, 0.15) is 70.8 Å². The topological polar surface area (TPSA) is 58.2 Å². The molecule has 1 saturated carbocycles. The SMILES string of the molecule is CCCCNC(=O)C1CCC(C(=O)Nc2ccc(C(C)C)cc2)CC1. The number of carbonyl (C=O) groups excluding carboxylic acids is 2. The van der Waals surface area contributed by atoms with Gasteiger partial charge in [-0.05, 0) is 55.7 Å². The van der Waals surface area contributed by atoms with Crippen molar-refractivity contribution in [3.05, 3.63) is 29.8 Å². The molecule has 0 aliphatic heterocycles. The monoisotopic (exact) mass is 344 g/mol. The van der Waals surface area contributed by atoms with Gasteiger partial charge in [-0.25, -0.2) is 0 Å². The van der Waals surface area contributed by atoms with Crippen molar-refractivity contribution in [1.29, 1.82) is 0 Å². The quantitative estimate of drug-likeness (QED) is 0.717. The van der Waals surface area contributed by atoms with Crippen LogP contribution in [-0.2, 0) is 9.59 Å². The normalized spacial score (nSPS) is 20.3. The maximum absolute atomic E-state index is 12.5. The molecule has 0 radical (unpaired) electrons. The number of unbranched alkanes of at least 4 members (excludes halogenated alkanes) is 1. The van der Waals surface area contributed by atoms with Crippen LogP contribution in [0.15, 0.2) is 24.3 Å². The molecule has 25 heavy (non-hydrogen) atoms. The van der Waals surface area contributed by atoms with Gasteiger partial charge in [0.1, 0.15) is 0 Å². The van der Waals surface area contributed by atoms with Crippen molar-refractivity contribution in [3.8, 4) is 0 Å². The lowest BCUT2D eigenvalue weighted by molar-refractivity contribution is -0.128. The first-order chi connectivity index (χ1) is 12.0. The van der Waals surface area contributed by atoms with Crippen LogP contribution in [-0.4, -0.2) is 18.4 Å². The summed E-state index contributed by atoms with van der Waals surface area (Å²) in [7, 11) is 0. The Labute approximate surface area is 151 Å². The molecule has 1 aliphatic carbocycles. The van der Waals surface area contributed by atoms with E-state index in [2.05, 4.69) is 43.5 Å². The third kappa shape index (κ3) is 5.87. The van der Waals surface area contributed by atoms with Crippen LogP contribution >= 0.6 is 0 Å². The van der Waals surface area contributed by atoms with E-state index in [1.807, 2.05) is 12.1 Å². The van der Waals surface area contributed by atoms with Crippen molar-refractivity contribution >= 4 is 17.5 Å². The number of benzene rings is 1. The molecule has 0 unspecified atom stereocenters. The van der Waals surface area contributed by atoms with E-state index < -0.39 is 0 Å². The van der Waals surface area contributed by atoms with Crippen molar-refractivity contribution in [3.63, 3.8) is 0 Å². The van der Waals surface area contributed by atoms with Crippen molar-refractivity contribution in [2.75, 3.05) is 11.9 Å². The lowest BCUT2D eigenvalue weighted by Crippen LogP contribution is -2.35. The molecule has 1 fully saturated rings. The molecule has 0 saturated heterocycles. The highest BCUT2D eigenvalue weighted by Crippen LogP contribution is 2.30. The smallest absolute Gasteiger partial charge is 0.227 e. The second-order valence-electron chi connectivity index (χ2n) is 7.46. The van der Waals surface area contributed by atoms with Crippen LogP contribution in [0.3, 0.4) is 0 Å². The number of anilines is 1. The highest BCUT2D eigenvalue weighted by atomic mass is 16.2. The van der Waals surface area contributed by atoms with Gasteiger partial charge in [0.05, 0.1) is 0 Å². The molecule has 0 atom stereocenters. The molecule has 0 heterocycles. The summed E-state index contributed by atoms with van der Waals surface area (Å²) in [4.78, 5) is 24.6. The van der Waals surface area contributed by atoms with Gasteiger partial charge in [0.25, 0.3) is 0 Å². The molecule has 1 aliphatic rings. The number of amides is 2. The van der Waals surface area contributed by atoms with Gasteiger partial charge in [-0.1, -0.05) is 39.3 Å². The maximum Gasteiger partial charge on any atom is 0.227 e. The fourth-order valence-electron chi connectivity index (χ4n) is 3.35. The van der Waals surface area contributed by atoms with E-state index >= 15 is 0 Å². The second kappa shape index (κ2) is 9.59. The summed E-state index contributed by atoms with van der Waals surface area (Å²) in [6, 6.07) is 8.08. The van der Waals surface area contributed by atoms with Gasteiger partial charge in [-0.2, -0.15) is 0 Å². The molecule has 1 aromatic rings. The predicted molar refractivity (Wildman–Crippen MR) is 103 cm³/mol. The first-order valence-corrected chi connectivity index (χ1v) is 9.69. The molecule has 2 amide bonds. The van der Waals surface area contributed by atoms with Crippen LogP contribution < -0.4 is 10.6 Å². The van der Waals surface area contributed by atoms with Gasteiger partial charge in [-0.15, -0.1) is 0 Å². The Morgan fingerprint density at radius 3 is 2.08 bits per heavy atom.